The Bertz CT molecular complexity index is 1060. The lowest BCUT2D eigenvalue weighted by atomic mass is 10.0. The van der Waals surface area contributed by atoms with Crippen molar-refractivity contribution in [2.75, 3.05) is 13.2 Å². The van der Waals surface area contributed by atoms with Crippen LogP contribution in [-0.2, 0) is 14.3 Å². The fourth-order valence-corrected chi connectivity index (χ4v) is 10.3. The molecule has 0 bridgehead atoms. The molecule has 0 heterocycles. The van der Waals surface area contributed by atoms with Gasteiger partial charge in [-0.2, -0.15) is 0 Å². The molecule has 0 aliphatic heterocycles. The molecule has 6 nitrogen and oxygen atoms in total. The normalized spacial score (nSPS) is 12.6. The summed E-state index contributed by atoms with van der Waals surface area (Å²) < 4.78 is 5.49. The van der Waals surface area contributed by atoms with Gasteiger partial charge in [0.2, 0.25) is 5.91 Å². The number of nitrogens with one attached hydrogen (secondary N) is 1. The first kappa shape index (κ1) is 69.6. The maximum atomic E-state index is 12.5. The van der Waals surface area contributed by atoms with Gasteiger partial charge in [0.1, 0.15) is 0 Å². The van der Waals surface area contributed by atoms with E-state index in [0.29, 0.717) is 25.9 Å². The topological polar surface area (TPSA) is 95.9 Å². The number of carbonyl (C=O) groups is 2. The van der Waals surface area contributed by atoms with Gasteiger partial charge in [-0.1, -0.05) is 315 Å². The van der Waals surface area contributed by atoms with Gasteiger partial charge in [-0.05, 0) is 51.4 Å². The molecule has 0 rings (SSSR count). The van der Waals surface area contributed by atoms with Crippen molar-refractivity contribution in [3.8, 4) is 0 Å². The summed E-state index contributed by atoms with van der Waals surface area (Å²) in [5.74, 6) is -0.0313. The SMILES string of the molecule is CCCCCCCCC/C=C\CCCCCCCC(=O)OCCCCCCCCCCCCCCCCCCCCCC(=O)NC(CO)C(O)CCCCCCCCCCCCCCCCCCCCC. The summed E-state index contributed by atoms with van der Waals surface area (Å²) in [6, 6.07) is -0.544. The monoisotopic (exact) mass is 1000 g/mol. The van der Waals surface area contributed by atoms with Crippen LogP contribution in [0.4, 0.5) is 0 Å². The second kappa shape index (κ2) is 61.1. The molecule has 3 N–H and O–H groups in total. The van der Waals surface area contributed by atoms with Gasteiger partial charge >= 0.3 is 5.97 Å². The molecule has 0 radical (unpaired) electrons. The number of allylic oxidation sites excluding steroid dienone is 2. The first-order valence-electron chi connectivity index (χ1n) is 32.4. The molecule has 0 aromatic carbocycles. The Hall–Kier alpha value is -1.40. The fraction of sp³-hybridized carbons (Fsp3) is 0.938. The first-order valence-corrected chi connectivity index (χ1v) is 32.4. The number of aliphatic hydroxyl groups excluding tert-OH is 2. The third-order valence-corrected chi connectivity index (χ3v) is 15.3. The van der Waals surface area contributed by atoms with Crippen molar-refractivity contribution < 1.29 is 24.5 Å². The van der Waals surface area contributed by atoms with Crippen LogP contribution < -0.4 is 5.32 Å². The molecular weight excluding hydrogens is 875 g/mol. The molecule has 0 aliphatic carbocycles. The number of hydrogen-bond donors (Lipinski definition) is 3. The van der Waals surface area contributed by atoms with E-state index in [-0.39, 0.29) is 18.5 Å². The lowest BCUT2D eigenvalue weighted by molar-refractivity contribution is -0.143. The van der Waals surface area contributed by atoms with E-state index in [9.17, 15) is 19.8 Å². The van der Waals surface area contributed by atoms with Crippen molar-refractivity contribution in [1.29, 1.82) is 0 Å². The molecule has 0 saturated heterocycles. The number of amides is 1. The lowest BCUT2D eigenvalue weighted by Crippen LogP contribution is -2.45. The molecule has 422 valence electrons. The average molecular weight is 1000 g/mol. The highest BCUT2D eigenvalue weighted by molar-refractivity contribution is 5.76. The molecule has 0 aliphatic rings. The lowest BCUT2D eigenvalue weighted by Gasteiger charge is -2.22. The Morgan fingerprint density at radius 3 is 1.00 bits per heavy atom. The van der Waals surface area contributed by atoms with Crippen molar-refractivity contribution in [1.82, 2.24) is 5.32 Å². The minimum atomic E-state index is -0.666. The van der Waals surface area contributed by atoms with Crippen LogP contribution >= 0.6 is 0 Å². The van der Waals surface area contributed by atoms with Gasteiger partial charge in [0, 0.05) is 12.8 Å². The molecule has 0 saturated carbocycles. The molecule has 1 amide bonds. The van der Waals surface area contributed by atoms with Gasteiger partial charge in [-0.3, -0.25) is 9.59 Å². The van der Waals surface area contributed by atoms with Crippen molar-refractivity contribution >= 4 is 11.9 Å². The number of rotatable bonds is 61. The largest absolute Gasteiger partial charge is 0.466 e. The quantitative estimate of drug-likeness (QED) is 0.0320. The van der Waals surface area contributed by atoms with Crippen LogP contribution in [0.3, 0.4) is 0 Å². The Morgan fingerprint density at radius 1 is 0.380 bits per heavy atom. The van der Waals surface area contributed by atoms with E-state index in [4.69, 9.17) is 4.74 Å². The van der Waals surface area contributed by atoms with Crippen LogP contribution in [0, 0.1) is 0 Å². The van der Waals surface area contributed by atoms with Gasteiger partial charge in [-0.25, -0.2) is 0 Å². The fourth-order valence-electron chi connectivity index (χ4n) is 10.3. The van der Waals surface area contributed by atoms with E-state index in [1.54, 1.807) is 0 Å². The number of unbranched alkanes of at least 4 members (excludes halogenated alkanes) is 48. The molecule has 2 atom stereocenters. The van der Waals surface area contributed by atoms with Gasteiger partial charge in [-0.15, -0.1) is 0 Å². The highest BCUT2D eigenvalue weighted by Gasteiger charge is 2.20. The minimum absolute atomic E-state index is 0.00278. The zero-order valence-corrected chi connectivity index (χ0v) is 48.2. The summed E-state index contributed by atoms with van der Waals surface area (Å²) in [5.41, 5.74) is 0. The second-order valence-corrected chi connectivity index (χ2v) is 22.5. The summed E-state index contributed by atoms with van der Waals surface area (Å²) in [6.45, 7) is 4.97. The Balaban J connectivity index is 3.39. The number of hydrogen-bond acceptors (Lipinski definition) is 5. The molecule has 0 spiro atoms. The number of esters is 1. The van der Waals surface area contributed by atoms with Crippen LogP contribution in [0.2, 0.25) is 0 Å². The molecule has 2 unspecified atom stereocenters. The Labute approximate surface area is 444 Å². The van der Waals surface area contributed by atoms with Gasteiger partial charge in [0.05, 0.1) is 25.4 Å². The highest BCUT2D eigenvalue weighted by atomic mass is 16.5. The van der Waals surface area contributed by atoms with Crippen molar-refractivity contribution in [3.63, 3.8) is 0 Å². The predicted octanol–water partition coefficient (Wildman–Crippen LogP) is 20.4. The van der Waals surface area contributed by atoms with Crippen LogP contribution in [0.1, 0.15) is 367 Å². The van der Waals surface area contributed by atoms with Gasteiger partial charge < -0.3 is 20.3 Å². The van der Waals surface area contributed by atoms with Crippen LogP contribution in [0.25, 0.3) is 0 Å². The van der Waals surface area contributed by atoms with Crippen LogP contribution in [0.5, 0.6) is 0 Å². The Kier molecular flexibility index (Phi) is 59.9. The maximum Gasteiger partial charge on any atom is 0.305 e. The van der Waals surface area contributed by atoms with E-state index in [0.717, 1.165) is 44.9 Å². The number of carbonyl (C=O) groups excluding carboxylic acids is 2. The van der Waals surface area contributed by atoms with Crippen LogP contribution in [0.15, 0.2) is 12.2 Å². The molecule has 0 fully saturated rings. The smallest absolute Gasteiger partial charge is 0.305 e. The third-order valence-electron chi connectivity index (χ3n) is 15.3. The van der Waals surface area contributed by atoms with Gasteiger partial charge in [0.25, 0.3) is 0 Å². The van der Waals surface area contributed by atoms with Crippen molar-refractivity contribution in [2.45, 2.75) is 379 Å². The van der Waals surface area contributed by atoms with E-state index in [1.807, 2.05) is 0 Å². The average Bonchev–Trinajstić information content (AvgIpc) is 3.37. The number of aliphatic hydroxyl groups is 2. The zero-order chi connectivity index (χ0) is 51.4. The van der Waals surface area contributed by atoms with Gasteiger partial charge in [0.15, 0.2) is 0 Å². The summed E-state index contributed by atoms with van der Waals surface area (Å²) in [4.78, 5) is 24.6. The van der Waals surface area contributed by atoms with E-state index in [2.05, 4.69) is 31.3 Å². The van der Waals surface area contributed by atoms with E-state index >= 15 is 0 Å². The van der Waals surface area contributed by atoms with E-state index < -0.39 is 12.1 Å². The van der Waals surface area contributed by atoms with Crippen molar-refractivity contribution in [3.05, 3.63) is 12.2 Å². The summed E-state index contributed by atoms with van der Waals surface area (Å²) in [6.07, 6.45) is 73.7. The predicted molar refractivity (Wildman–Crippen MR) is 310 cm³/mol. The molecular formula is C65H127NO5. The van der Waals surface area contributed by atoms with E-state index in [1.165, 1.54) is 289 Å². The third kappa shape index (κ3) is 57.7. The summed E-state index contributed by atoms with van der Waals surface area (Å²) >= 11 is 0. The summed E-state index contributed by atoms with van der Waals surface area (Å²) in [7, 11) is 0. The Morgan fingerprint density at radius 2 is 0.662 bits per heavy atom. The summed E-state index contributed by atoms with van der Waals surface area (Å²) in [5, 5.41) is 23.4. The zero-order valence-electron chi connectivity index (χ0n) is 48.2. The molecule has 0 aromatic heterocycles. The molecule has 0 aromatic rings. The molecule has 6 heteroatoms. The number of ether oxygens (including phenoxy) is 1. The first-order chi connectivity index (χ1) is 35.0. The minimum Gasteiger partial charge on any atom is -0.466 e. The molecule has 71 heavy (non-hydrogen) atoms. The van der Waals surface area contributed by atoms with Crippen molar-refractivity contribution in [2.24, 2.45) is 0 Å². The van der Waals surface area contributed by atoms with Crippen LogP contribution in [-0.4, -0.2) is 47.4 Å². The second-order valence-electron chi connectivity index (χ2n) is 22.5. The highest BCUT2D eigenvalue weighted by Crippen LogP contribution is 2.18. The standard InChI is InChI=1S/C65H127NO5/c1-3-5-7-9-11-13-15-17-19-21-23-26-29-33-37-41-45-49-53-57-63(68)62(61-67)66-64(69)58-54-50-46-42-38-34-30-27-24-22-25-28-32-36-40-44-48-52-56-60-71-65(70)59-55-51-47-43-39-35-31-20-18-16-14-12-10-8-6-4-2/h20,31,62-63,67-68H,3-19,21-30,32-61H2,1-2H3,(H,66,69)/b31-20-. The maximum absolute atomic E-state index is 12.5.